The van der Waals surface area contributed by atoms with Gasteiger partial charge in [0.2, 0.25) is 0 Å². The predicted octanol–water partition coefficient (Wildman–Crippen LogP) is 4.07. The van der Waals surface area contributed by atoms with Crippen LogP contribution in [0.25, 0.3) is 0 Å². The second-order valence-corrected chi connectivity index (χ2v) is 12.4. The molecule has 0 spiro atoms. The zero-order valence-electron chi connectivity index (χ0n) is 21.8. The van der Waals surface area contributed by atoms with E-state index in [1.165, 1.54) is 0 Å². The molecule has 2 aliphatic heterocycles. The number of piperidine rings is 2. The van der Waals surface area contributed by atoms with Crippen molar-refractivity contribution in [2.24, 2.45) is 23.7 Å². The zero-order chi connectivity index (χ0) is 24.2. The molecule has 0 saturated carbocycles. The van der Waals surface area contributed by atoms with Gasteiger partial charge in [-0.1, -0.05) is 27.7 Å². The molecule has 2 heterocycles. The highest BCUT2D eigenvalue weighted by molar-refractivity contribution is 5.91. The lowest BCUT2D eigenvalue weighted by Crippen LogP contribution is -2.68. The molecule has 4 atom stereocenters. The van der Waals surface area contributed by atoms with Crippen molar-refractivity contribution >= 4 is 11.9 Å². The number of ether oxygens (including phenoxy) is 2. The fraction of sp³-hybridized carbons (Fsp3) is 0.920. The van der Waals surface area contributed by atoms with Crippen molar-refractivity contribution in [3.63, 3.8) is 0 Å². The average Bonchev–Trinajstić information content (AvgIpc) is 2.58. The summed E-state index contributed by atoms with van der Waals surface area (Å²) in [4.78, 5) is 25.5. The monoisotopic (exact) mass is 438 g/mol. The molecular formula is C25H46N2O4. The predicted molar refractivity (Wildman–Crippen MR) is 124 cm³/mol. The van der Waals surface area contributed by atoms with Crippen LogP contribution in [-0.2, 0) is 19.1 Å². The highest BCUT2D eigenvalue weighted by atomic mass is 16.6. The van der Waals surface area contributed by atoms with Gasteiger partial charge < -0.3 is 20.1 Å². The van der Waals surface area contributed by atoms with Gasteiger partial charge in [0.25, 0.3) is 0 Å². The fourth-order valence-corrected chi connectivity index (χ4v) is 5.54. The molecule has 4 unspecified atom stereocenters. The number of hydrogen-bond acceptors (Lipinski definition) is 6. The van der Waals surface area contributed by atoms with Crippen molar-refractivity contribution in [3.05, 3.63) is 0 Å². The Morgan fingerprint density at radius 3 is 1.03 bits per heavy atom. The Morgan fingerprint density at radius 1 is 0.581 bits per heavy atom. The average molecular weight is 439 g/mol. The van der Waals surface area contributed by atoms with E-state index in [2.05, 4.69) is 93.7 Å². The molecule has 0 bridgehead atoms. The Kier molecular flexibility index (Phi) is 7.02. The molecule has 6 nitrogen and oxygen atoms in total. The minimum Gasteiger partial charge on any atom is -0.461 e. The lowest BCUT2D eigenvalue weighted by atomic mass is 9.68. The lowest BCUT2D eigenvalue weighted by molar-refractivity contribution is -0.175. The van der Waals surface area contributed by atoms with Gasteiger partial charge in [0.05, 0.1) is 0 Å². The second-order valence-electron chi connectivity index (χ2n) is 12.4. The van der Waals surface area contributed by atoms with Crippen LogP contribution in [0.15, 0.2) is 0 Å². The van der Waals surface area contributed by atoms with Gasteiger partial charge in [0, 0.05) is 45.8 Å². The summed E-state index contributed by atoms with van der Waals surface area (Å²) in [6.07, 6.45) is -0.878. The molecule has 0 aromatic rings. The van der Waals surface area contributed by atoms with Crippen molar-refractivity contribution in [2.75, 3.05) is 0 Å². The Bertz CT molecular complexity index is 600. The van der Waals surface area contributed by atoms with E-state index < -0.39 is 11.9 Å². The quantitative estimate of drug-likeness (QED) is 0.509. The number of carbonyl (C=O) groups excluding carboxylic acids is 2. The first-order valence-corrected chi connectivity index (χ1v) is 11.8. The maximum absolute atomic E-state index is 12.7. The molecule has 6 heteroatoms. The van der Waals surface area contributed by atoms with Crippen LogP contribution in [0.5, 0.6) is 0 Å². The van der Waals surface area contributed by atoms with Crippen LogP contribution < -0.4 is 10.6 Å². The van der Waals surface area contributed by atoms with Crippen LogP contribution >= 0.6 is 0 Å². The number of esters is 2. The summed E-state index contributed by atoms with van der Waals surface area (Å²) < 4.78 is 11.8. The van der Waals surface area contributed by atoms with Crippen molar-refractivity contribution in [3.8, 4) is 0 Å². The van der Waals surface area contributed by atoms with E-state index in [-0.39, 0.29) is 64.5 Å². The third kappa shape index (κ3) is 5.27. The zero-order valence-corrected chi connectivity index (χ0v) is 21.8. The summed E-state index contributed by atoms with van der Waals surface area (Å²) in [5, 5.41) is 7.33. The summed E-state index contributed by atoms with van der Waals surface area (Å²) in [5.41, 5.74) is -0.728. The minimum absolute atomic E-state index is 0.113. The smallest absolute Gasteiger partial charge is 0.317 e. The van der Waals surface area contributed by atoms with Gasteiger partial charge >= 0.3 is 11.9 Å². The molecule has 2 N–H and O–H groups in total. The first-order valence-electron chi connectivity index (χ1n) is 11.8. The molecule has 0 aliphatic carbocycles. The lowest BCUT2D eigenvalue weighted by Gasteiger charge is -2.54. The van der Waals surface area contributed by atoms with E-state index in [1.807, 2.05) is 0 Å². The molecule has 180 valence electrons. The van der Waals surface area contributed by atoms with Gasteiger partial charge in [-0.25, -0.2) is 0 Å². The van der Waals surface area contributed by atoms with E-state index in [9.17, 15) is 9.59 Å². The van der Waals surface area contributed by atoms with Gasteiger partial charge in [-0.3, -0.25) is 9.59 Å². The van der Waals surface area contributed by atoms with E-state index in [0.29, 0.717) is 0 Å². The number of rotatable bonds is 4. The Morgan fingerprint density at radius 2 is 0.806 bits per heavy atom. The Balaban J connectivity index is 2.06. The van der Waals surface area contributed by atoms with Crippen LogP contribution in [-0.4, -0.2) is 46.3 Å². The van der Waals surface area contributed by atoms with E-state index in [0.717, 1.165) is 0 Å². The normalized spacial score (nSPS) is 38.2. The van der Waals surface area contributed by atoms with E-state index >= 15 is 0 Å². The van der Waals surface area contributed by atoms with Crippen molar-refractivity contribution in [1.29, 1.82) is 0 Å². The number of nitrogens with one attached hydrogen (secondary N) is 2. The van der Waals surface area contributed by atoms with E-state index in [1.54, 1.807) is 0 Å². The van der Waals surface area contributed by atoms with Crippen LogP contribution in [0, 0.1) is 23.7 Å². The number of carbonyl (C=O) groups is 2. The summed E-state index contributed by atoms with van der Waals surface area (Å²) in [5.74, 6) is -0.559. The fourth-order valence-electron chi connectivity index (χ4n) is 5.54. The summed E-state index contributed by atoms with van der Waals surface area (Å²) in [6, 6.07) is 0. The van der Waals surface area contributed by atoms with Gasteiger partial charge in [0.15, 0.2) is 0 Å². The molecular weight excluding hydrogens is 392 g/mol. The van der Waals surface area contributed by atoms with Gasteiger partial charge in [-0.05, 0) is 55.4 Å². The highest BCUT2D eigenvalue weighted by Crippen LogP contribution is 2.40. The first kappa shape index (κ1) is 26.1. The molecule has 0 radical (unpaired) electrons. The topological polar surface area (TPSA) is 76.7 Å². The first-order chi connectivity index (χ1) is 13.8. The van der Waals surface area contributed by atoms with Crippen molar-refractivity contribution < 1.29 is 19.1 Å². The third-order valence-corrected chi connectivity index (χ3v) is 8.64. The standard InChI is InChI=1S/C25H46N2O4/c1-14-20(15(2)23(7,8)26-22(14,5)6)30-18(28)13-19(29)31-21-16(3)24(9,10)27-25(11,12)17(21)4/h14-17,20-21,26-27H,13H2,1-12H3. The van der Waals surface area contributed by atoms with Crippen molar-refractivity contribution in [1.82, 2.24) is 10.6 Å². The molecule has 2 rings (SSSR count). The second kappa shape index (κ2) is 8.33. The maximum atomic E-state index is 12.7. The van der Waals surface area contributed by atoms with Crippen LogP contribution in [0.4, 0.5) is 0 Å². The van der Waals surface area contributed by atoms with Gasteiger partial charge in [-0.2, -0.15) is 0 Å². The Labute approximate surface area is 189 Å². The Hall–Kier alpha value is -1.14. The SMILES string of the molecule is CC1C(OC(=O)CC(=O)OC2C(C)C(C)(C)NC(C)(C)C2C)C(C)C(C)(C)NC1(C)C. The van der Waals surface area contributed by atoms with Gasteiger partial charge in [0.1, 0.15) is 18.6 Å². The molecule has 2 saturated heterocycles. The largest absolute Gasteiger partial charge is 0.461 e. The maximum Gasteiger partial charge on any atom is 0.317 e. The summed E-state index contributed by atoms with van der Waals surface area (Å²) in [6.45, 7) is 25.4. The highest BCUT2D eigenvalue weighted by Gasteiger charge is 2.51. The molecule has 31 heavy (non-hydrogen) atoms. The molecule has 0 aromatic carbocycles. The molecule has 0 aromatic heterocycles. The van der Waals surface area contributed by atoms with Crippen LogP contribution in [0.3, 0.4) is 0 Å². The minimum atomic E-state index is -0.505. The molecule has 0 amide bonds. The molecule has 2 aliphatic rings. The van der Waals surface area contributed by atoms with Crippen LogP contribution in [0.2, 0.25) is 0 Å². The number of hydrogen-bond donors (Lipinski definition) is 2. The van der Waals surface area contributed by atoms with Crippen molar-refractivity contribution in [2.45, 2.75) is 124 Å². The van der Waals surface area contributed by atoms with Gasteiger partial charge in [-0.15, -0.1) is 0 Å². The summed E-state index contributed by atoms with van der Waals surface area (Å²) >= 11 is 0. The molecule has 2 fully saturated rings. The van der Waals surface area contributed by atoms with E-state index in [4.69, 9.17) is 9.47 Å². The third-order valence-electron chi connectivity index (χ3n) is 8.64. The van der Waals surface area contributed by atoms with Crippen LogP contribution in [0.1, 0.15) is 89.5 Å². The summed E-state index contributed by atoms with van der Waals surface area (Å²) in [7, 11) is 0.